The molecule has 0 aliphatic carbocycles. The van der Waals surface area contributed by atoms with Gasteiger partial charge in [-0.2, -0.15) is 0 Å². The van der Waals surface area contributed by atoms with Gasteiger partial charge in [-0.05, 0) is 41.5 Å². The van der Waals surface area contributed by atoms with E-state index < -0.39 is 0 Å². The lowest BCUT2D eigenvalue weighted by molar-refractivity contribution is -0.142. The molecular formula is C24H30N2O3S. The Bertz CT molecular complexity index is 862. The van der Waals surface area contributed by atoms with Gasteiger partial charge in [0.25, 0.3) is 0 Å². The molecule has 0 bridgehead atoms. The normalized spacial score (nSPS) is 15.6. The van der Waals surface area contributed by atoms with E-state index in [0.717, 1.165) is 17.7 Å². The topological polar surface area (TPSA) is 49.9 Å². The molecule has 0 spiro atoms. The first kappa shape index (κ1) is 22.1. The van der Waals surface area contributed by atoms with Gasteiger partial charge in [0.1, 0.15) is 18.9 Å². The summed E-state index contributed by atoms with van der Waals surface area (Å²) in [6, 6.07) is 11.6. The SMILES string of the molecule is C=CCN(CC(=O)N1CCc2sccc2C1COc1ccccc1)C(=O)CC(C)C. The van der Waals surface area contributed by atoms with Crippen LogP contribution in [0.5, 0.6) is 5.75 Å². The average molecular weight is 427 g/mol. The van der Waals surface area contributed by atoms with Crippen molar-refractivity contribution >= 4 is 23.2 Å². The van der Waals surface area contributed by atoms with Gasteiger partial charge in [-0.3, -0.25) is 9.59 Å². The minimum Gasteiger partial charge on any atom is -0.491 e. The van der Waals surface area contributed by atoms with Gasteiger partial charge in [0, 0.05) is 24.4 Å². The van der Waals surface area contributed by atoms with Gasteiger partial charge < -0.3 is 14.5 Å². The molecule has 1 aliphatic heterocycles. The van der Waals surface area contributed by atoms with Crippen LogP contribution < -0.4 is 4.74 Å². The number of ether oxygens (including phenoxy) is 1. The number of hydrogen-bond acceptors (Lipinski definition) is 4. The summed E-state index contributed by atoms with van der Waals surface area (Å²) in [6.07, 6.45) is 2.94. The van der Waals surface area contributed by atoms with Crippen molar-refractivity contribution in [3.05, 3.63) is 64.9 Å². The maximum Gasteiger partial charge on any atom is 0.242 e. The fourth-order valence-electron chi connectivity index (χ4n) is 3.71. The first-order chi connectivity index (χ1) is 14.5. The molecule has 160 valence electrons. The van der Waals surface area contributed by atoms with Crippen molar-refractivity contribution in [3.8, 4) is 5.75 Å². The molecule has 1 atom stereocenters. The molecule has 3 rings (SSSR count). The second-order valence-electron chi connectivity index (χ2n) is 7.94. The zero-order chi connectivity index (χ0) is 21.5. The van der Waals surface area contributed by atoms with Gasteiger partial charge in [0.05, 0.1) is 6.04 Å². The lowest BCUT2D eigenvalue weighted by Crippen LogP contribution is -2.48. The van der Waals surface area contributed by atoms with E-state index >= 15 is 0 Å². The molecule has 1 aliphatic rings. The molecule has 30 heavy (non-hydrogen) atoms. The molecule has 0 saturated heterocycles. The molecule has 0 fully saturated rings. The standard InChI is InChI=1S/C24H30N2O3S/c1-4-12-25(23(27)15-18(2)3)16-24(28)26-13-10-22-20(11-14-30-22)21(26)17-29-19-8-6-5-7-9-19/h4-9,11,14,18,21H,1,10,12-13,15-17H2,2-3H3. The summed E-state index contributed by atoms with van der Waals surface area (Å²) in [7, 11) is 0. The largest absolute Gasteiger partial charge is 0.491 e. The third-order valence-electron chi connectivity index (χ3n) is 5.18. The number of carbonyl (C=O) groups excluding carboxylic acids is 2. The van der Waals surface area contributed by atoms with Crippen LogP contribution in [0, 0.1) is 5.92 Å². The molecule has 1 aromatic carbocycles. The Morgan fingerprint density at radius 2 is 2.07 bits per heavy atom. The van der Waals surface area contributed by atoms with E-state index in [1.54, 1.807) is 22.3 Å². The highest BCUT2D eigenvalue weighted by Crippen LogP contribution is 2.34. The number of benzene rings is 1. The zero-order valence-electron chi connectivity index (χ0n) is 17.8. The third-order valence-corrected chi connectivity index (χ3v) is 6.17. The van der Waals surface area contributed by atoms with Crippen LogP contribution in [-0.2, 0) is 16.0 Å². The van der Waals surface area contributed by atoms with Crippen molar-refractivity contribution in [2.45, 2.75) is 32.7 Å². The van der Waals surface area contributed by atoms with Gasteiger partial charge in [0.2, 0.25) is 11.8 Å². The van der Waals surface area contributed by atoms with Crippen molar-refractivity contribution in [1.82, 2.24) is 9.80 Å². The molecule has 1 unspecified atom stereocenters. The van der Waals surface area contributed by atoms with Crippen molar-refractivity contribution in [2.24, 2.45) is 5.92 Å². The van der Waals surface area contributed by atoms with Crippen LogP contribution in [0.2, 0.25) is 0 Å². The maximum absolute atomic E-state index is 13.3. The summed E-state index contributed by atoms with van der Waals surface area (Å²) in [5, 5.41) is 2.07. The van der Waals surface area contributed by atoms with E-state index in [1.807, 2.05) is 49.1 Å². The number of nitrogens with zero attached hydrogens (tertiary/aromatic N) is 2. The van der Waals surface area contributed by atoms with Crippen molar-refractivity contribution in [1.29, 1.82) is 0 Å². The Kier molecular flexibility index (Phi) is 7.69. The number of fused-ring (bicyclic) bond motifs is 1. The number of amides is 2. The molecule has 5 nitrogen and oxygen atoms in total. The predicted molar refractivity (Wildman–Crippen MR) is 121 cm³/mol. The van der Waals surface area contributed by atoms with E-state index in [2.05, 4.69) is 18.0 Å². The second-order valence-corrected chi connectivity index (χ2v) is 8.94. The van der Waals surface area contributed by atoms with E-state index in [1.165, 1.54) is 4.88 Å². The van der Waals surface area contributed by atoms with E-state index in [0.29, 0.717) is 26.1 Å². The van der Waals surface area contributed by atoms with Crippen LogP contribution in [0.3, 0.4) is 0 Å². The quantitative estimate of drug-likeness (QED) is 0.561. The summed E-state index contributed by atoms with van der Waals surface area (Å²) in [6.45, 7) is 9.22. The van der Waals surface area contributed by atoms with Gasteiger partial charge >= 0.3 is 0 Å². The molecule has 2 heterocycles. The fraction of sp³-hybridized carbons (Fsp3) is 0.417. The number of hydrogen-bond donors (Lipinski definition) is 0. The predicted octanol–water partition coefficient (Wildman–Crippen LogP) is 4.31. The van der Waals surface area contributed by atoms with E-state index in [-0.39, 0.29) is 30.3 Å². The third kappa shape index (κ3) is 5.51. The van der Waals surface area contributed by atoms with Gasteiger partial charge in [-0.15, -0.1) is 17.9 Å². The monoisotopic (exact) mass is 426 g/mol. The van der Waals surface area contributed by atoms with Crippen LogP contribution in [0.4, 0.5) is 0 Å². The summed E-state index contributed by atoms with van der Waals surface area (Å²) < 4.78 is 6.02. The maximum atomic E-state index is 13.3. The van der Waals surface area contributed by atoms with Gasteiger partial charge in [-0.25, -0.2) is 0 Å². The number of rotatable bonds is 9. The summed E-state index contributed by atoms with van der Waals surface area (Å²) >= 11 is 1.73. The average Bonchev–Trinajstić information content (AvgIpc) is 3.21. The number of thiophene rings is 1. The smallest absolute Gasteiger partial charge is 0.242 e. The van der Waals surface area contributed by atoms with E-state index in [9.17, 15) is 9.59 Å². The molecule has 1 aromatic heterocycles. The van der Waals surface area contributed by atoms with Crippen LogP contribution in [0.1, 0.15) is 36.8 Å². The molecule has 6 heteroatoms. The van der Waals surface area contributed by atoms with Gasteiger partial charge in [-0.1, -0.05) is 38.1 Å². The zero-order valence-corrected chi connectivity index (χ0v) is 18.6. The molecular weight excluding hydrogens is 396 g/mol. The van der Waals surface area contributed by atoms with Crippen LogP contribution in [0.25, 0.3) is 0 Å². The highest BCUT2D eigenvalue weighted by atomic mass is 32.1. The summed E-state index contributed by atoms with van der Waals surface area (Å²) in [5.74, 6) is 0.971. The minimum absolute atomic E-state index is 0.0106. The Morgan fingerprint density at radius 1 is 1.30 bits per heavy atom. The Labute approximate surface area is 182 Å². The lowest BCUT2D eigenvalue weighted by Gasteiger charge is -2.37. The highest BCUT2D eigenvalue weighted by molar-refractivity contribution is 7.10. The Hall–Kier alpha value is -2.60. The van der Waals surface area contributed by atoms with E-state index in [4.69, 9.17) is 4.74 Å². The molecule has 0 N–H and O–H groups in total. The Balaban J connectivity index is 1.74. The lowest BCUT2D eigenvalue weighted by atomic mass is 10.0. The van der Waals surface area contributed by atoms with Crippen LogP contribution >= 0.6 is 11.3 Å². The number of para-hydroxylation sites is 1. The first-order valence-electron chi connectivity index (χ1n) is 10.4. The Morgan fingerprint density at radius 3 is 2.77 bits per heavy atom. The molecule has 2 amide bonds. The molecule has 0 saturated carbocycles. The first-order valence-corrected chi connectivity index (χ1v) is 11.3. The second kappa shape index (κ2) is 10.4. The van der Waals surface area contributed by atoms with Gasteiger partial charge in [0.15, 0.2) is 0 Å². The number of carbonyl (C=O) groups is 2. The summed E-state index contributed by atoms with van der Waals surface area (Å²) in [4.78, 5) is 30.6. The van der Waals surface area contributed by atoms with Crippen molar-refractivity contribution < 1.29 is 14.3 Å². The minimum atomic E-state index is -0.154. The van der Waals surface area contributed by atoms with Crippen molar-refractivity contribution in [2.75, 3.05) is 26.2 Å². The molecule has 0 radical (unpaired) electrons. The van der Waals surface area contributed by atoms with Crippen LogP contribution in [0.15, 0.2) is 54.4 Å². The fourth-order valence-corrected chi connectivity index (χ4v) is 4.64. The molecule has 2 aromatic rings. The van der Waals surface area contributed by atoms with Crippen molar-refractivity contribution in [3.63, 3.8) is 0 Å². The summed E-state index contributed by atoms with van der Waals surface area (Å²) in [5.41, 5.74) is 1.15. The highest BCUT2D eigenvalue weighted by Gasteiger charge is 2.33. The van der Waals surface area contributed by atoms with Crippen LogP contribution in [-0.4, -0.2) is 47.9 Å².